The molecule has 3 N–H and O–H groups in total. The Morgan fingerprint density at radius 1 is 0.878 bits per heavy atom. The first kappa shape index (κ1) is 35.4. The molecule has 0 saturated carbocycles. The van der Waals surface area contributed by atoms with E-state index in [4.69, 9.17) is 19.3 Å². The van der Waals surface area contributed by atoms with Gasteiger partial charge in [0.1, 0.15) is 35.9 Å². The molecule has 236 valence electrons. The molecule has 1 aromatic rings. The summed E-state index contributed by atoms with van der Waals surface area (Å²) in [6.07, 6.45) is 9.45. The van der Waals surface area contributed by atoms with Gasteiger partial charge in [-0.3, -0.25) is 0 Å². The lowest BCUT2D eigenvalue weighted by Gasteiger charge is -2.38. The van der Waals surface area contributed by atoms with Gasteiger partial charge in [-0.05, 0) is 87.8 Å². The van der Waals surface area contributed by atoms with Gasteiger partial charge in [0.25, 0.3) is 0 Å². The van der Waals surface area contributed by atoms with Gasteiger partial charge in [0.2, 0.25) is 0 Å². The van der Waals surface area contributed by atoms with E-state index in [1.165, 1.54) is 44.9 Å². The molecule has 0 aliphatic carbocycles. The molecule has 2 rings (SSSR count). The summed E-state index contributed by atoms with van der Waals surface area (Å²) in [5.74, 6) is 3.72. The van der Waals surface area contributed by atoms with Gasteiger partial charge < -0.3 is 29.5 Å². The number of fused-ring (bicyclic) bond motifs is 1. The predicted molar refractivity (Wildman–Crippen MR) is 164 cm³/mol. The second kappa shape index (κ2) is 16.7. The lowest BCUT2D eigenvalue weighted by atomic mass is 9.83. The molecular formula is C34H58O7. The number of ether oxygens (including phenoxy) is 3. The summed E-state index contributed by atoms with van der Waals surface area (Å²) in [5.41, 5.74) is 3.45. The third-order valence-electron chi connectivity index (χ3n) is 9.03. The van der Waals surface area contributed by atoms with Crippen LogP contribution < -0.4 is 9.47 Å². The molecule has 5 unspecified atom stereocenters. The van der Waals surface area contributed by atoms with Gasteiger partial charge in [0.15, 0.2) is 0 Å². The van der Waals surface area contributed by atoms with Crippen molar-refractivity contribution in [3.05, 3.63) is 22.3 Å². The number of aliphatic hydroxyl groups is 3. The van der Waals surface area contributed by atoms with E-state index in [1.54, 1.807) is 0 Å². The van der Waals surface area contributed by atoms with Crippen LogP contribution in [-0.4, -0.2) is 52.5 Å². The van der Waals surface area contributed by atoms with Crippen molar-refractivity contribution in [2.24, 2.45) is 17.8 Å². The summed E-state index contributed by atoms with van der Waals surface area (Å²) < 4.78 is 17.2. The third kappa shape index (κ3) is 11.1. The molecule has 0 fully saturated rings. The first-order valence-electron chi connectivity index (χ1n) is 15.9. The molecule has 0 bridgehead atoms. The smallest absolute Gasteiger partial charge is 0.487 e. The average molecular weight is 579 g/mol. The van der Waals surface area contributed by atoms with Crippen LogP contribution in [0.4, 0.5) is 4.79 Å². The van der Waals surface area contributed by atoms with Gasteiger partial charge in [-0.2, -0.15) is 0 Å². The van der Waals surface area contributed by atoms with Gasteiger partial charge in [0, 0.05) is 5.56 Å². The Balaban J connectivity index is 1.88. The third-order valence-corrected chi connectivity index (χ3v) is 9.03. The van der Waals surface area contributed by atoms with E-state index in [-0.39, 0.29) is 5.60 Å². The lowest BCUT2D eigenvalue weighted by Crippen LogP contribution is -2.37. The van der Waals surface area contributed by atoms with E-state index < -0.39 is 31.6 Å². The standard InChI is InChI=1S/C34H58O7/c1-22(2)12-9-13-23(3)14-10-15-24(4)16-11-18-34(8)19-17-28-27(7)31(25(5)26(6)32(28)41-34)40-33(38)39-21-30(37)29(36)20-35/h22-24,29-30,35-37H,9-21H2,1-8H3. The number of carbonyl (C=O) groups excluding carboxylic acids is 1. The maximum atomic E-state index is 12.3. The van der Waals surface area contributed by atoms with Crippen molar-refractivity contribution in [3.8, 4) is 11.5 Å². The van der Waals surface area contributed by atoms with Crippen LogP contribution >= 0.6 is 0 Å². The maximum absolute atomic E-state index is 12.3. The minimum Gasteiger partial charge on any atom is -0.487 e. The van der Waals surface area contributed by atoms with Crippen LogP contribution in [0.15, 0.2) is 0 Å². The summed E-state index contributed by atoms with van der Waals surface area (Å²) in [5, 5.41) is 28.1. The van der Waals surface area contributed by atoms with Gasteiger partial charge in [-0.1, -0.05) is 72.6 Å². The van der Waals surface area contributed by atoms with Crippen LogP contribution in [-0.2, 0) is 11.2 Å². The lowest BCUT2D eigenvalue weighted by molar-refractivity contribution is -0.0471. The van der Waals surface area contributed by atoms with Crippen LogP contribution in [0.5, 0.6) is 11.5 Å². The monoisotopic (exact) mass is 578 g/mol. The molecule has 0 spiro atoms. The second-order valence-corrected chi connectivity index (χ2v) is 13.4. The van der Waals surface area contributed by atoms with Crippen molar-refractivity contribution >= 4 is 6.16 Å². The van der Waals surface area contributed by atoms with Crippen LogP contribution in [0, 0.1) is 38.5 Å². The van der Waals surface area contributed by atoms with Crippen molar-refractivity contribution < 1.29 is 34.3 Å². The fourth-order valence-electron chi connectivity index (χ4n) is 5.91. The minimum atomic E-state index is -1.39. The quantitative estimate of drug-likeness (QED) is 0.131. The Morgan fingerprint density at radius 2 is 1.46 bits per heavy atom. The van der Waals surface area contributed by atoms with Gasteiger partial charge in [-0.25, -0.2) is 4.79 Å². The van der Waals surface area contributed by atoms with Crippen molar-refractivity contribution in [1.82, 2.24) is 0 Å². The fraction of sp³-hybridized carbons (Fsp3) is 0.794. The summed E-state index contributed by atoms with van der Waals surface area (Å²) in [4.78, 5) is 12.3. The highest BCUT2D eigenvalue weighted by Crippen LogP contribution is 2.45. The van der Waals surface area contributed by atoms with Gasteiger partial charge >= 0.3 is 6.16 Å². The normalized spacial score (nSPS) is 19.7. The number of aliphatic hydroxyl groups excluding tert-OH is 3. The van der Waals surface area contributed by atoms with Crippen molar-refractivity contribution in [1.29, 1.82) is 0 Å². The second-order valence-electron chi connectivity index (χ2n) is 13.4. The highest BCUT2D eigenvalue weighted by Gasteiger charge is 2.35. The Hall–Kier alpha value is -1.83. The highest BCUT2D eigenvalue weighted by molar-refractivity contribution is 5.68. The number of benzene rings is 1. The van der Waals surface area contributed by atoms with Gasteiger partial charge in [-0.15, -0.1) is 0 Å². The van der Waals surface area contributed by atoms with Crippen LogP contribution in [0.25, 0.3) is 0 Å². The highest BCUT2D eigenvalue weighted by atomic mass is 16.7. The summed E-state index contributed by atoms with van der Waals surface area (Å²) in [6.45, 7) is 16.4. The first-order valence-corrected chi connectivity index (χ1v) is 15.9. The zero-order valence-electron chi connectivity index (χ0n) is 27.1. The Kier molecular flexibility index (Phi) is 14.4. The van der Waals surface area contributed by atoms with E-state index in [1.807, 2.05) is 20.8 Å². The molecular weight excluding hydrogens is 520 g/mol. The topological polar surface area (TPSA) is 105 Å². The molecule has 1 aliphatic rings. The molecule has 0 saturated heterocycles. The summed E-state index contributed by atoms with van der Waals surface area (Å²) in [7, 11) is 0. The molecule has 0 radical (unpaired) electrons. The van der Waals surface area contributed by atoms with Crippen molar-refractivity contribution in [2.75, 3.05) is 13.2 Å². The van der Waals surface area contributed by atoms with E-state index in [0.717, 1.165) is 71.4 Å². The molecule has 0 aromatic heterocycles. The molecule has 5 atom stereocenters. The van der Waals surface area contributed by atoms with Crippen LogP contribution in [0.2, 0.25) is 0 Å². The Labute approximate surface area is 249 Å². The zero-order valence-corrected chi connectivity index (χ0v) is 27.1. The van der Waals surface area contributed by atoms with Crippen LogP contribution in [0.3, 0.4) is 0 Å². The first-order chi connectivity index (χ1) is 19.3. The van der Waals surface area contributed by atoms with E-state index >= 15 is 0 Å². The molecule has 7 nitrogen and oxygen atoms in total. The molecule has 1 heterocycles. The fourth-order valence-corrected chi connectivity index (χ4v) is 5.91. The maximum Gasteiger partial charge on any atom is 0.513 e. The van der Waals surface area contributed by atoms with E-state index in [9.17, 15) is 15.0 Å². The Bertz CT molecular complexity index is 959. The van der Waals surface area contributed by atoms with Crippen molar-refractivity contribution in [2.45, 2.75) is 144 Å². The molecule has 0 amide bonds. The average Bonchev–Trinajstić information content (AvgIpc) is 2.92. The van der Waals surface area contributed by atoms with Crippen molar-refractivity contribution in [3.63, 3.8) is 0 Å². The number of carbonyl (C=O) groups is 1. The number of hydrogen-bond acceptors (Lipinski definition) is 7. The minimum absolute atomic E-state index is 0.216. The zero-order chi connectivity index (χ0) is 30.7. The molecule has 41 heavy (non-hydrogen) atoms. The van der Waals surface area contributed by atoms with E-state index in [0.29, 0.717) is 5.75 Å². The SMILES string of the molecule is Cc1c(C)c2c(c(C)c1OC(=O)OCC(O)C(O)CO)CCC(C)(CCCC(C)CCCC(C)CCCC(C)C)O2. The summed E-state index contributed by atoms with van der Waals surface area (Å²) >= 11 is 0. The predicted octanol–water partition coefficient (Wildman–Crippen LogP) is 7.36. The van der Waals surface area contributed by atoms with Gasteiger partial charge in [0.05, 0.1) is 6.61 Å². The summed E-state index contributed by atoms with van der Waals surface area (Å²) in [6, 6.07) is 0. The molecule has 7 heteroatoms. The van der Waals surface area contributed by atoms with E-state index in [2.05, 4.69) is 34.6 Å². The Morgan fingerprint density at radius 3 is 2.05 bits per heavy atom. The largest absolute Gasteiger partial charge is 0.513 e. The number of hydrogen-bond donors (Lipinski definition) is 3. The number of rotatable bonds is 17. The molecule has 1 aliphatic heterocycles. The molecule has 1 aromatic carbocycles. The van der Waals surface area contributed by atoms with Crippen LogP contribution in [0.1, 0.15) is 121 Å².